The molecule has 0 atom stereocenters. The van der Waals surface area contributed by atoms with E-state index in [1.165, 1.54) is 31.4 Å². The van der Waals surface area contributed by atoms with Crippen molar-refractivity contribution in [3.63, 3.8) is 0 Å². The first-order valence-electron chi connectivity index (χ1n) is 5.79. The number of phenols is 1. The molecule has 0 bridgehead atoms. The number of hydrogen-bond acceptors (Lipinski definition) is 4. The lowest BCUT2D eigenvalue weighted by Gasteiger charge is -2.14. The van der Waals surface area contributed by atoms with Gasteiger partial charge in [-0.15, -0.1) is 0 Å². The summed E-state index contributed by atoms with van der Waals surface area (Å²) in [6.45, 7) is 0. The Morgan fingerprint density at radius 2 is 2.10 bits per heavy atom. The lowest BCUT2D eigenvalue weighted by Crippen LogP contribution is -2.00. The smallest absolute Gasteiger partial charge is 0.256 e. The molecule has 2 aromatic rings. The largest absolute Gasteiger partial charge is 0.507 e. The van der Waals surface area contributed by atoms with Gasteiger partial charge in [-0.05, 0) is 41.9 Å². The zero-order valence-electron chi connectivity index (χ0n) is 10.9. The summed E-state index contributed by atoms with van der Waals surface area (Å²) in [5, 5.41) is 18.1. The molecule has 0 saturated heterocycles. The van der Waals surface area contributed by atoms with Crippen molar-refractivity contribution in [1.29, 1.82) is 5.26 Å². The molecule has 0 radical (unpaired) electrons. The zero-order chi connectivity index (χ0) is 15.6. The van der Waals surface area contributed by atoms with Crippen molar-refractivity contribution in [3.8, 4) is 28.7 Å². The predicted octanol–water partition coefficient (Wildman–Crippen LogP) is 3.46. The standard InChI is InChI=1S/C15H9ClFNO3/c1-21-12-5-3-9(17)6-10(12)13-8(7-18)2-4-11(19)14(13)15(16)20/h2-6,19H,1H3. The number of benzene rings is 2. The number of methoxy groups -OCH3 is 1. The Balaban J connectivity index is 2.92. The van der Waals surface area contributed by atoms with Gasteiger partial charge in [0, 0.05) is 11.1 Å². The molecule has 106 valence electrons. The van der Waals surface area contributed by atoms with Crippen LogP contribution in [0.2, 0.25) is 0 Å². The second kappa shape index (κ2) is 5.81. The minimum atomic E-state index is -0.953. The highest BCUT2D eigenvalue weighted by atomic mass is 35.5. The molecule has 0 heterocycles. The van der Waals surface area contributed by atoms with Crippen molar-refractivity contribution in [3.05, 3.63) is 47.3 Å². The van der Waals surface area contributed by atoms with Crippen LogP contribution in [0.5, 0.6) is 11.5 Å². The van der Waals surface area contributed by atoms with Crippen molar-refractivity contribution < 1.29 is 19.0 Å². The van der Waals surface area contributed by atoms with Gasteiger partial charge in [-0.2, -0.15) is 5.26 Å². The number of nitrogens with zero attached hydrogens (tertiary/aromatic N) is 1. The van der Waals surface area contributed by atoms with E-state index in [1.54, 1.807) is 0 Å². The molecule has 0 fully saturated rings. The Bertz CT molecular complexity index is 768. The molecular weight excluding hydrogens is 297 g/mol. The third kappa shape index (κ3) is 2.67. The van der Waals surface area contributed by atoms with Crippen LogP contribution in [-0.2, 0) is 0 Å². The van der Waals surface area contributed by atoms with Crippen LogP contribution < -0.4 is 4.74 Å². The summed E-state index contributed by atoms with van der Waals surface area (Å²) in [5.74, 6) is -0.723. The highest BCUT2D eigenvalue weighted by Gasteiger charge is 2.22. The van der Waals surface area contributed by atoms with E-state index in [4.69, 9.17) is 16.3 Å². The van der Waals surface area contributed by atoms with Gasteiger partial charge >= 0.3 is 0 Å². The predicted molar refractivity (Wildman–Crippen MR) is 75.0 cm³/mol. The monoisotopic (exact) mass is 305 g/mol. The van der Waals surface area contributed by atoms with Gasteiger partial charge in [0.05, 0.1) is 24.3 Å². The Hall–Kier alpha value is -2.58. The third-order valence-corrected chi connectivity index (χ3v) is 3.12. The first-order chi connectivity index (χ1) is 9.99. The van der Waals surface area contributed by atoms with Crippen LogP contribution in [0.15, 0.2) is 30.3 Å². The van der Waals surface area contributed by atoms with Crippen molar-refractivity contribution in [1.82, 2.24) is 0 Å². The lowest BCUT2D eigenvalue weighted by atomic mass is 9.93. The molecule has 0 aliphatic rings. The maximum absolute atomic E-state index is 13.5. The van der Waals surface area contributed by atoms with Gasteiger partial charge in [-0.25, -0.2) is 4.39 Å². The number of rotatable bonds is 3. The Kier molecular flexibility index (Phi) is 4.10. The number of aromatic hydroxyl groups is 1. The fourth-order valence-corrected chi connectivity index (χ4v) is 2.23. The number of carbonyl (C=O) groups excluding carboxylic acids is 1. The molecule has 4 nitrogen and oxygen atoms in total. The summed E-state index contributed by atoms with van der Waals surface area (Å²) in [7, 11) is 1.37. The molecule has 1 N–H and O–H groups in total. The number of phenolic OH excluding ortho intramolecular Hbond substituents is 1. The second-order valence-electron chi connectivity index (χ2n) is 4.11. The van der Waals surface area contributed by atoms with Gasteiger partial charge < -0.3 is 9.84 Å². The van der Waals surface area contributed by atoms with E-state index in [0.717, 1.165) is 6.07 Å². The molecular formula is C15H9ClFNO3. The van der Waals surface area contributed by atoms with Crippen LogP contribution in [0, 0.1) is 17.1 Å². The topological polar surface area (TPSA) is 70.3 Å². The second-order valence-corrected chi connectivity index (χ2v) is 4.46. The number of halogens is 2. The average Bonchev–Trinajstić information content (AvgIpc) is 2.46. The molecule has 0 aromatic heterocycles. The highest BCUT2D eigenvalue weighted by Crippen LogP contribution is 2.39. The van der Waals surface area contributed by atoms with Gasteiger partial charge in [0.15, 0.2) is 0 Å². The molecule has 2 rings (SSSR count). The summed E-state index contributed by atoms with van der Waals surface area (Å²) in [6.07, 6.45) is 0. The van der Waals surface area contributed by atoms with Gasteiger partial charge in [-0.3, -0.25) is 4.79 Å². The Labute approximate surface area is 125 Å². The molecule has 0 saturated carbocycles. The number of carbonyl (C=O) groups is 1. The van der Waals surface area contributed by atoms with Crippen LogP contribution >= 0.6 is 11.6 Å². The van der Waals surface area contributed by atoms with E-state index in [-0.39, 0.29) is 28.0 Å². The van der Waals surface area contributed by atoms with Crippen LogP contribution in [0.4, 0.5) is 4.39 Å². The van der Waals surface area contributed by atoms with Gasteiger partial charge in [0.2, 0.25) is 0 Å². The molecule has 0 aliphatic carbocycles. The number of hydrogen-bond donors (Lipinski definition) is 1. The molecule has 6 heteroatoms. The SMILES string of the molecule is COc1ccc(F)cc1-c1c(C#N)ccc(O)c1C(=O)Cl. The molecule has 2 aromatic carbocycles. The fourth-order valence-electron chi connectivity index (χ4n) is 2.04. The lowest BCUT2D eigenvalue weighted by molar-refractivity contribution is 0.107. The van der Waals surface area contributed by atoms with E-state index in [2.05, 4.69) is 0 Å². The third-order valence-electron chi connectivity index (χ3n) is 2.93. The van der Waals surface area contributed by atoms with E-state index in [9.17, 15) is 19.6 Å². The van der Waals surface area contributed by atoms with Crippen molar-refractivity contribution in [2.24, 2.45) is 0 Å². The quantitative estimate of drug-likeness (QED) is 0.882. The number of nitriles is 1. The summed E-state index contributed by atoms with van der Waals surface area (Å²) in [5.41, 5.74) is 0.00289. The van der Waals surface area contributed by atoms with Crippen molar-refractivity contribution in [2.45, 2.75) is 0 Å². The Morgan fingerprint density at radius 1 is 1.38 bits per heavy atom. The molecule has 21 heavy (non-hydrogen) atoms. The molecule has 0 aliphatic heterocycles. The van der Waals surface area contributed by atoms with Crippen LogP contribution in [0.3, 0.4) is 0 Å². The van der Waals surface area contributed by atoms with Crippen molar-refractivity contribution >= 4 is 16.8 Å². The zero-order valence-corrected chi connectivity index (χ0v) is 11.6. The molecule has 0 unspecified atom stereocenters. The maximum atomic E-state index is 13.5. The van der Waals surface area contributed by atoms with E-state index < -0.39 is 16.8 Å². The minimum Gasteiger partial charge on any atom is -0.507 e. The van der Waals surface area contributed by atoms with Gasteiger partial charge in [0.1, 0.15) is 17.3 Å². The van der Waals surface area contributed by atoms with Crippen LogP contribution in [0.1, 0.15) is 15.9 Å². The van der Waals surface area contributed by atoms with Gasteiger partial charge in [0.25, 0.3) is 5.24 Å². The van der Waals surface area contributed by atoms with Crippen LogP contribution in [0.25, 0.3) is 11.1 Å². The summed E-state index contributed by atoms with van der Waals surface area (Å²) >= 11 is 5.48. The summed E-state index contributed by atoms with van der Waals surface area (Å²) in [6, 6.07) is 8.04. The highest BCUT2D eigenvalue weighted by molar-refractivity contribution is 6.68. The van der Waals surface area contributed by atoms with E-state index in [1.807, 2.05) is 6.07 Å². The maximum Gasteiger partial charge on any atom is 0.256 e. The van der Waals surface area contributed by atoms with Crippen molar-refractivity contribution in [2.75, 3.05) is 7.11 Å². The first kappa shape index (κ1) is 14.8. The first-order valence-corrected chi connectivity index (χ1v) is 6.17. The summed E-state index contributed by atoms with van der Waals surface area (Å²) in [4.78, 5) is 11.6. The van der Waals surface area contributed by atoms with E-state index >= 15 is 0 Å². The van der Waals surface area contributed by atoms with Crippen LogP contribution in [-0.4, -0.2) is 17.5 Å². The summed E-state index contributed by atoms with van der Waals surface area (Å²) < 4.78 is 18.6. The minimum absolute atomic E-state index is 0.0360. The fraction of sp³-hybridized carbons (Fsp3) is 0.0667. The van der Waals surface area contributed by atoms with E-state index in [0.29, 0.717) is 0 Å². The molecule has 0 amide bonds. The normalized spacial score (nSPS) is 10.0. The molecule has 0 spiro atoms. The number of ether oxygens (including phenoxy) is 1. The van der Waals surface area contributed by atoms with Gasteiger partial charge in [-0.1, -0.05) is 0 Å². The Morgan fingerprint density at radius 3 is 2.67 bits per heavy atom. The average molecular weight is 306 g/mol.